The van der Waals surface area contributed by atoms with Crippen LogP contribution in [0.25, 0.3) is 28.4 Å². The highest BCUT2D eigenvalue weighted by Crippen LogP contribution is 2.21. The van der Waals surface area contributed by atoms with Crippen molar-refractivity contribution in [1.29, 1.82) is 0 Å². The van der Waals surface area contributed by atoms with E-state index < -0.39 is 0 Å². The topological polar surface area (TPSA) is 43.1 Å². The lowest BCUT2D eigenvalue weighted by molar-refractivity contribution is 0.951. The summed E-state index contributed by atoms with van der Waals surface area (Å²) in [5.41, 5.74) is 4.29. The minimum absolute atomic E-state index is 0.608. The zero-order valence-electron chi connectivity index (χ0n) is 12.1. The third-order valence-electron chi connectivity index (χ3n) is 3.62. The summed E-state index contributed by atoms with van der Waals surface area (Å²) < 4.78 is 1.80. The normalized spacial score (nSPS) is 11.0. The molecule has 4 rings (SSSR count). The van der Waals surface area contributed by atoms with Gasteiger partial charge in [-0.1, -0.05) is 60.2 Å². The number of fused-ring (bicyclic) bond motifs is 1. The highest BCUT2D eigenvalue weighted by atomic mass is 15.3. The number of rotatable bonds is 2. The third-order valence-corrected chi connectivity index (χ3v) is 3.62. The average molecular weight is 286 g/mol. The van der Waals surface area contributed by atoms with E-state index in [-0.39, 0.29) is 0 Å². The maximum atomic E-state index is 4.63. The molecule has 4 aromatic rings. The van der Waals surface area contributed by atoms with Gasteiger partial charge in [-0.15, -0.1) is 5.10 Å². The average Bonchev–Trinajstić information content (AvgIpc) is 3.00. The SMILES string of the molecule is Cc1ccc(-c2nc3nccc(-c4ccccc4)n3n2)cc1. The van der Waals surface area contributed by atoms with Crippen molar-refractivity contribution in [2.45, 2.75) is 6.92 Å². The fourth-order valence-corrected chi connectivity index (χ4v) is 2.45. The van der Waals surface area contributed by atoms with E-state index in [2.05, 4.69) is 46.3 Å². The standard InChI is InChI=1S/C18H14N4/c1-13-7-9-15(10-8-13)17-20-18-19-12-11-16(22(18)21-17)14-5-3-2-4-6-14/h2-12H,1H3. The van der Waals surface area contributed by atoms with Crippen LogP contribution >= 0.6 is 0 Å². The Morgan fingerprint density at radius 1 is 0.818 bits per heavy atom. The molecule has 0 bridgehead atoms. The molecule has 0 spiro atoms. The molecule has 2 heterocycles. The Balaban J connectivity index is 1.89. The third kappa shape index (κ3) is 2.15. The molecule has 0 aliphatic rings. The van der Waals surface area contributed by atoms with Crippen LogP contribution in [0.15, 0.2) is 66.9 Å². The van der Waals surface area contributed by atoms with Crippen LogP contribution in [-0.2, 0) is 0 Å². The van der Waals surface area contributed by atoms with Crippen LogP contribution in [0.2, 0.25) is 0 Å². The van der Waals surface area contributed by atoms with Crippen molar-refractivity contribution in [3.63, 3.8) is 0 Å². The van der Waals surface area contributed by atoms with Gasteiger partial charge < -0.3 is 0 Å². The molecule has 0 saturated carbocycles. The van der Waals surface area contributed by atoms with Crippen molar-refractivity contribution in [2.75, 3.05) is 0 Å². The van der Waals surface area contributed by atoms with Gasteiger partial charge in [0.05, 0.1) is 5.69 Å². The fourth-order valence-electron chi connectivity index (χ4n) is 2.45. The predicted molar refractivity (Wildman–Crippen MR) is 86.4 cm³/mol. The second-order valence-electron chi connectivity index (χ2n) is 5.21. The minimum atomic E-state index is 0.608. The lowest BCUT2D eigenvalue weighted by atomic mass is 10.1. The van der Waals surface area contributed by atoms with E-state index in [0.717, 1.165) is 16.8 Å². The van der Waals surface area contributed by atoms with Gasteiger partial charge in [-0.3, -0.25) is 0 Å². The Morgan fingerprint density at radius 3 is 2.36 bits per heavy atom. The molecule has 2 aromatic heterocycles. The molecule has 0 radical (unpaired) electrons. The molecule has 0 N–H and O–H groups in total. The van der Waals surface area contributed by atoms with Crippen molar-refractivity contribution >= 4 is 5.78 Å². The monoisotopic (exact) mass is 286 g/mol. The van der Waals surface area contributed by atoms with Crippen molar-refractivity contribution < 1.29 is 0 Å². The number of hydrogen-bond acceptors (Lipinski definition) is 3. The quantitative estimate of drug-likeness (QED) is 0.563. The summed E-state index contributed by atoms with van der Waals surface area (Å²) in [6.07, 6.45) is 1.77. The van der Waals surface area contributed by atoms with Crippen LogP contribution in [0.1, 0.15) is 5.56 Å². The molecule has 4 nitrogen and oxygen atoms in total. The first-order chi connectivity index (χ1) is 10.8. The summed E-state index contributed by atoms with van der Waals surface area (Å²) >= 11 is 0. The molecule has 0 saturated heterocycles. The maximum Gasteiger partial charge on any atom is 0.253 e. The zero-order chi connectivity index (χ0) is 14.9. The zero-order valence-corrected chi connectivity index (χ0v) is 12.1. The first kappa shape index (κ1) is 12.7. The maximum absolute atomic E-state index is 4.63. The molecular weight excluding hydrogens is 272 g/mol. The molecule has 0 atom stereocenters. The largest absolute Gasteiger partial charge is 0.253 e. The summed E-state index contributed by atoms with van der Waals surface area (Å²) in [6.45, 7) is 2.07. The van der Waals surface area contributed by atoms with Crippen LogP contribution in [-0.4, -0.2) is 19.6 Å². The van der Waals surface area contributed by atoms with Crippen molar-refractivity contribution in [3.8, 4) is 22.6 Å². The molecule has 0 unspecified atom stereocenters. The molecule has 0 fully saturated rings. The second-order valence-corrected chi connectivity index (χ2v) is 5.21. The van der Waals surface area contributed by atoms with Gasteiger partial charge in [-0.05, 0) is 13.0 Å². The van der Waals surface area contributed by atoms with E-state index in [1.807, 2.05) is 36.4 Å². The van der Waals surface area contributed by atoms with Crippen LogP contribution in [0.5, 0.6) is 0 Å². The second kappa shape index (κ2) is 5.07. The lowest BCUT2D eigenvalue weighted by Gasteiger charge is -2.02. The highest BCUT2D eigenvalue weighted by molar-refractivity contribution is 5.63. The van der Waals surface area contributed by atoms with Gasteiger partial charge in [0.2, 0.25) is 0 Å². The minimum Gasteiger partial charge on any atom is -0.220 e. The van der Waals surface area contributed by atoms with Crippen LogP contribution in [0, 0.1) is 6.92 Å². The first-order valence-corrected chi connectivity index (χ1v) is 7.15. The van der Waals surface area contributed by atoms with E-state index >= 15 is 0 Å². The van der Waals surface area contributed by atoms with Crippen molar-refractivity contribution in [3.05, 3.63) is 72.4 Å². The lowest BCUT2D eigenvalue weighted by Crippen LogP contribution is -1.95. The van der Waals surface area contributed by atoms with Gasteiger partial charge in [-0.2, -0.15) is 9.50 Å². The van der Waals surface area contributed by atoms with E-state index in [0.29, 0.717) is 11.6 Å². The van der Waals surface area contributed by atoms with Crippen molar-refractivity contribution in [1.82, 2.24) is 19.6 Å². The van der Waals surface area contributed by atoms with Crippen LogP contribution < -0.4 is 0 Å². The van der Waals surface area contributed by atoms with Gasteiger partial charge in [0.25, 0.3) is 5.78 Å². The van der Waals surface area contributed by atoms with Gasteiger partial charge in [0.1, 0.15) is 0 Å². The molecule has 22 heavy (non-hydrogen) atoms. The molecule has 0 aliphatic heterocycles. The Labute approximate surface area is 128 Å². The molecule has 106 valence electrons. The van der Waals surface area contributed by atoms with Gasteiger partial charge in [0, 0.05) is 17.3 Å². The number of benzene rings is 2. The molecule has 2 aromatic carbocycles. The van der Waals surface area contributed by atoms with E-state index in [4.69, 9.17) is 0 Å². The predicted octanol–water partition coefficient (Wildman–Crippen LogP) is 3.77. The molecule has 0 aliphatic carbocycles. The van der Waals surface area contributed by atoms with Gasteiger partial charge in [-0.25, -0.2) is 4.98 Å². The summed E-state index contributed by atoms with van der Waals surface area (Å²) in [4.78, 5) is 8.86. The van der Waals surface area contributed by atoms with E-state index in [1.54, 1.807) is 10.7 Å². The summed E-state index contributed by atoms with van der Waals surface area (Å²) in [7, 11) is 0. The number of aryl methyl sites for hydroxylation is 1. The summed E-state index contributed by atoms with van der Waals surface area (Å²) in [5.74, 6) is 1.30. The van der Waals surface area contributed by atoms with E-state index in [1.165, 1.54) is 5.56 Å². The van der Waals surface area contributed by atoms with Gasteiger partial charge in [0.15, 0.2) is 5.82 Å². The fraction of sp³-hybridized carbons (Fsp3) is 0.0556. The number of hydrogen-bond donors (Lipinski definition) is 0. The molecule has 4 heteroatoms. The Bertz CT molecular complexity index is 924. The van der Waals surface area contributed by atoms with E-state index in [9.17, 15) is 0 Å². The van der Waals surface area contributed by atoms with Gasteiger partial charge >= 0.3 is 0 Å². The summed E-state index contributed by atoms with van der Waals surface area (Å²) in [6, 6.07) is 20.3. The van der Waals surface area contributed by atoms with Crippen molar-refractivity contribution in [2.24, 2.45) is 0 Å². The summed E-state index contributed by atoms with van der Waals surface area (Å²) in [5, 5.41) is 4.63. The smallest absolute Gasteiger partial charge is 0.220 e. The van der Waals surface area contributed by atoms with Crippen LogP contribution in [0.4, 0.5) is 0 Å². The molecular formula is C18H14N4. The Morgan fingerprint density at radius 2 is 1.59 bits per heavy atom. The Hall–Kier alpha value is -3.01. The molecule has 0 amide bonds. The number of aromatic nitrogens is 4. The number of nitrogens with zero attached hydrogens (tertiary/aromatic N) is 4. The Kier molecular flexibility index (Phi) is 2.93. The highest BCUT2D eigenvalue weighted by Gasteiger charge is 2.10. The van der Waals surface area contributed by atoms with Crippen LogP contribution in [0.3, 0.4) is 0 Å². The first-order valence-electron chi connectivity index (χ1n) is 7.15.